The molecule has 0 aromatic heterocycles. The van der Waals surface area contributed by atoms with Crippen LogP contribution in [0.15, 0.2) is 22.7 Å². The lowest BCUT2D eigenvalue weighted by Crippen LogP contribution is -2.53. The van der Waals surface area contributed by atoms with E-state index in [0.29, 0.717) is 0 Å². The minimum absolute atomic E-state index is 0.0239. The standard InChI is InChI=1S/C13H15BrO4/c1-13(12(15-2)16-3)11-10(17-11)8-6-7(14)4-5-9(8)18-13/h4-6,10-12H,1-3H3/t10-,11-,13+/m1/s1. The van der Waals surface area contributed by atoms with E-state index in [-0.39, 0.29) is 12.2 Å². The molecule has 2 aliphatic heterocycles. The van der Waals surface area contributed by atoms with Gasteiger partial charge in [0.2, 0.25) is 0 Å². The number of rotatable bonds is 3. The molecule has 3 rings (SSSR count). The Kier molecular flexibility index (Phi) is 2.90. The van der Waals surface area contributed by atoms with Gasteiger partial charge < -0.3 is 18.9 Å². The van der Waals surface area contributed by atoms with Crippen LogP contribution in [0.2, 0.25) is 0 Å². The first-order valence-electron chi connectivity index (χ1n) is 5.79. The maximum Gasteiger partial charge on any atom is 0.199 e. The lowest BCUT2D eigenvalue weighted by Gasteiger charge is -2.37. The smallest absolute Gasteiger partial charge is 0.199 e. The maximum absolute atomic E-state index is 6.08. The highest BCUT2D eigenvalue weighted by Gasteiger charge is 2.63. The molecule has 0 amide bonds. The van der Waals surface area contributed by atoms with E-state index in [2.05, 4.69) is 15.9 Å². The maximum atomic E-state index is 6.08. The fourth-order valence-corrected chi connectivity index (χ4v) is 3.04. The second-order valence-electron chi connectivity index (χ2n) is 4.75. The summed E-state index contributed by atoms with van der Waals surface area (Å²) in [5.41, 5.74) is 0.465. The van der Waals surface area contributed by atoms with E-state index in [0.717, 1.165) is 15.8 Å². The van der Waals surface area contributed by atoms with Crippen molar-refractivity contribution in [2.75, 3.05) is 14.2 Å². The van der Waals surface area contributed by atoms with Crippen molar-refractivity contribution in [3.8, 4) is 5.75 Å². The van der Waals surface area contributed by atoms with Crippen molar-refractivity contribution in [3.05, 3.63) is 28.2 Å². The summed E-state index contributed by atoms with van der Waals surface area (Å²) < 4.78 is 23.5. The van der Waals surface area contributed by atoms with Crippen LogP contribution in [-0.4, -0.2) is 32.2 Å². The molecule has 0 aliphatic carbocycles. The molecule has 0 saturated carbocycles. The molecular formula is C13H15BrO4. The molecule has 1 aromatic carbocycles. The second-order valence-corrected chi connectivity index (χ2v) is 5.66. The summed E-state index contributed by atoms with van der Waals surface area (Å²) in [5, 5.41) is 0. The first-order chi connectivity index (χ1) is 8.60. The monoisotopic (exact) mass is 314 g/mol. The van der Waals surface area contributed by atoms with Crippen LogP contribution in [0, 0.1) is 0 Å². The zero-order valence-corrected chi connectivity index (χ0v) is 12.1. The van der Waals surface area contributed by atoms with Crippen LogP contribution in [0.3, 0.4) is 0 Å². The van der Waals surface area contributed by atoms with Crippen LogP contribution in [0.5, 0.6) is 5.75 Å². The summed E-state index contributed by atoms with van der Waals surface area (Å²) in [6.07, 6.45) is -0.405. The average Bonchev–Trinajstić information content (AvgIpc) is 3.13. The third kappa shape index (κ3) is 1.69. The van der Waals surface area contributed by atoms with Crippen molar-refractivity contribution in [3.63, 3.8) is 0 Å². The van der Waals surface area contributed by atoms with E-state index in [1.54, 1.807) is 14.2 Å². The Balaban J connectivity index is 1.98. The fourth-order valence-electron chi connectivity index (χ4n) is 2.66. The van der Waals surface area contributed by atoms with Crippen molar-refractivity contribution in [2.45, 2.75) is 31.0 Å². The van der Waals surface area contributed by atoms with Gasteiger partial charge in [0.1, 0.15) is 18.0 Å². The minimum atomic E-state index is -0.616. The molecule has 0 bridgehead atoms. The molecule has 2 heterocycles. The van der Waals surface area contributed by atoms with Gasteiger partial charge in [0.25, 0.3) is 0 Å². The molecule has 5 heteroatoms. The van der Waals surface area contributed by atoms with Crippen molar-refractivity contribution in [1.82, 2.24) is 0 Å². The molecule has 98 valence electrons. The number of ether oxygens (including phenoxy) is 4. The van der Waals surface area contributed by atoms with Crippen molar-refractivity contribution in [2.24, 2.45) is 0 Å². The molecule has 4 nitrogen and oxygen atoms in total. The van der Waals surface area contributed by atoms with Gasteiger partial charge in [0.05, 0.1) is 0 Å². The quantitative estimate of drug-likeness (QED) is 0.635. The third-order valence-electron chi connectivity index (χ3n) is 3.56. The van der Waals surface area contributed by atoms with Crippen molar-refractivity contribution >= 4 is 15.9 Å². The Morgan fingerprint density at radius 3 is 2.72 bits per heavy atom. The summed E-state index contributed by atoms with van der Waals surface area (Å²) in [7, 11) is 3.22. The minimum Gasteiger partial charge on any atom is -0.479 e. The number of benzene rings is 1. The molecular weight excluding hydrogens is 300 g/mol. The first-order valence-corrected chi connectivity index (χ1v) is 6.59. The summed E-state index contributed by atoms with van der Waals surface area (Å²) in [4.78, 5) is 0. The Hall–Kier alpha value is -0.620. The molecule has 2 aliphatic rings. The van der Waals surface area contributed by atoms with Gasteiger partial charge in [-0.1, -0.05) is 15.9 Å². The van der Waals surface area contributed by atoms with Crippen LogP contribution in [0.4, 0.5) is 0 Å². The lowest BCUT2D eigenvalue weighted by atomic mass is 9.92. The molecule has 1 aromatic rings. The van der Waals surface area contributed by atoms with Gasteiger partial charge >= 0.3 is 0 Å². The van der Waals surface area contributed by atoms with Crippen molar-refractivity contribution in [1.29, 1.82) is 0 Å². The zero-order chi connectivity index (χ0) is 12.9. The zero-order valence-electron chi connectivity index (χ0n) is 10.5. The molecule has 3 atom stereocenters. The van der Waals surface area contributed by atoms with E-state index < -0.39 is 11.9 Å². The highest BCUT2D eigenvalue weighted by Crippen LogP contribution is 2.55. The van der Waals surface area contributed by atoms with Gasteiger partial charge in [-0.15, -0.1) is 0 Å². The molecule has 1 fully saturated rings. The summed E-state index contributed by atoms with van der Waals surface area (Å²) >= 11 is 3.46. The van der Waals surface area contributed by atoms with E-state index in [1.165, 1.54) is 0 Å². The molecule has 0 spiro atoms. The predicted molar refractivity (Wildman–Crippen MR) is 68.6 cm³/mol. The van der Waals surface area contributed by atoms with Crippen molar-refractivity contribution < 1.29 is 18.9 Å². The molecule has 0 radical (unpaired) electrons. The van der Waals surface area contributed by atoms with E-state index in [1.807, 2.05) is 25.1 Å². The van der Waals surface area contributed by atoms with Crippen LogP contribution < -0.4 is 4.74 Å². The molecule has 18 heavy (non-hydrogen) atoms. The molecule has 0 N–H and O–H groups in total. The van der Waals surface area contributed by atoms with Crippen LogP contribution in [-0.2, 0) is 14.2 Å². The summed E-state index contributed by atoms with van der Waals surface area (Å²) in [6.45, 7) is 1.96. The summed E-state index contributed by atoms with van der Waals surface area (Å²) in [5.74, 6) is 0.832. The van der Waals surface area contributed by atoms with Gasteiger partial charge in [0, 0.05) is 24.3 Å². The topological polar surface area (TPSA) is 40.2 Å². The summed E-state index contributed by atoms with van der Waals surface area (Å²) in [6, 6.07) is 5.93. The number of hydrogen-bond acceptors (Lipinski definition) is 4. The average molecular weight is 315 g/mol. The predicted octanol–water partition coefficient (Wildman–Crippen LogP) is 2.66. The number of fused-ring (bicyclic) bond motifs is 3. The van der Waals surface area contributed by atoms with Crippen LogP contribution >= 0.6 is 15.9 Å². The molecule has 0 unspecified atom stereocenters. The highest BCUT2D eigenvalue weighted by molar-refractivity contribution is 9.10. The lowest BCUT2D eigenvalue weighted by molar-refractivity contribution is -0.205. The Morgan fingerprint density at radius 1 is 1.33 bits per heavy atom. The number of methoxy groups -OCH3 is 2. The molecule has 1 saturated heterocycles. The van der Waals surface area contributed by atoms with Gasteiger partial charge in [-0.05, 0) is 25.1 Å². The van der Waals surface area contributed by atoms with Crippen LogP contribution in [0.1, 0.15) is 18.6 Å². The number of hydrogen-bond donors (Lipinski definition) is 0. The van der Waals surface area contributed by atoms with E-state index >= 15 is 0 Å². The van der Waals surface area contributed by atoms with Gasteiger partial charge in [-0.3, -0.25) is 0 Å². The van der Waals surface area contributed by atoms with Gasteiger partial charge in [-0.25, -0.2) is 0 Å². The highest BCUT2D eigenvalue weighted by atomic mass is 79.9. The van der Waals surface area contributed by atoms with E-state index in [9.17, 15) is 0 Å². The van der Waals surface area contributed by atoms with Gasteiger partial charge in [0.15, 0.2) is 11.9 Å². The number of halogens is 1. The third-order valence-corrected chi connectivity index (χ3v) is 4.05. The van der Waals surface area contributed by atoms with Gasteiger partial charge in [-0.2, -0.15) is 0 Å². The Morgan fingerprint density at radius 2 is 2.06 bits per heavy atom. The fraction of sp³-hybridized carbons (Fsp3) is 0.538. The van der Waals surface area contributed by atoms with Crippen LogP contribution in [0.25, 0.3) is 0 Å². The normalized spacial score (nSPS) is 32.7. The van der Waals surface area contributed by atoms with E-state index in [4.69, 9.17) is 18.9 Å². The number of epoxide rings is 1. The Labute approximate surface area is 114 Å². The SMILES string of the molecule is COC(OC)[C@@]1(C)Oc2ccc(Br)cc2[C@H]2O[C@H]21. The first kappa shape index (κ1) is 12.4. The largest absolute Gasteiger partial charge is 0.479 e. The Bertz CT molecular complexity index is 474. The second kappa shape index (κ2) is 4.20.